The van der Waals surface area contributed by atoms with Gasteiger partial charge in [0.2, 0.25) is 0 Å². The minimum atomic E-state index is -3.73. The second kappa shape index (κ2) is 10.2. The highest BCUT2D eigenvalue weighted by Crippen LogP contribution is 2.24. The van der Waals surface area contributed by atoms with Gasteiger partial charge in [0.05, 0.1) is 23.8 Å². The van der Waals surface area contributed by atoms with Crippen molar-refractivity contribution in [2.75, 3.05) is 36.3 Å². The van der Waals surface area contributed by atoms with Gasteiger partial charge in [0.25, 0.3) is 15.9 Å². The molecular weight excluding hydrogens is 438 g/mol. The first kappa shape index (κ1) is 23.0. The number of hydrogen-bond acceptors (Lipinski definition) is 5. The van der Waals surface area contributed by atoms with Crippen molar-refractivity contribution in [3.8, 4) is 0 Å². The summed E-state index contributed by atoms with van der Waals surface area (Å²) < 4.78 is 33.4. The van der Waals surface area contributed by atoms with Gasteiger partial charge in [0, 0.05) is 30.9 Å². The second-order valence-electron chi connectivity index (χ2n) is 7.99. The molecule has 0 aliphatic carbocycles. The van der Waals surface area contributed by atoms with Crippen LogP contribution in [0.15, 0.2) is 77.7 Å². The first-order valence-electron chi connectivity index (χ1n) is 10.8. The van der Waals surface area contributed by atoms with Crippen molar-refractivity contribution >= 4 is 27.3 Å². The number of sulfonamides is 1. The van der Waals surface area contributed by atoms with Gasteiger partial charge in [-0.15, -0.1) is 0 Å². The number of nitrogens with one attached hydrogen (secondary N) is 2. The van der Waals surface area contributed by atoms with Gasteiger partial charge in [0.15, 0.2) is 0 Å². The topological polar surface area (TPSA) is 87.7 Å². The molecule has 1 saturated heterocycles. The molecule has 0 radical (unpaired) electrons. The fourth-order valence-corrected chi connectivity index (χ4v) is 4.79. The van der Waals surface area contributed by atoms with Crippen LogP contribution in [-0.2, 0) is 21.3 Å². The van der Waals surface area contributed by atoms with Gasteiger partial charge in [-0.1, -0.05) is 36.4 Å². The fraction of sp³-hybridized carbons (Fsp3) is 0.240. The maximum Gasteiger partial charge on any atom is 0.261 e. The third-order valence-corrected chi connectivity index (χ3v) is 6.87. The average Bonchev–Trinajstić information content (AvgIpc) is 2.82. The zero-order valence-corrected chi connectivity index (χ0v) is 19.3. The van der Waals surface area contributed by atoms with E-state index in [0.29, 0.717) is 16.9 Å². The normalized spacial score (nSPS) is 14.6. The molecule has 172 valence electrons. The number of aryl methyl sites for hydroxylation is 1. The quantitative estimate of drug-likeness (QED) is 0.553. The molecule has 0 saturated carbocycles. The lowest BCUT2D eigenvalue weighted by Crippen LogP contribution is -2.35. The van der Waals surface area contributed by atoms with Crippen molar-refractivity contribution < 1.29 is 17.9 Å². The predicted molar refractivity (Wildman–Crippen MR) is 129 cm³/mol. The number of ether oxygens (including phenoxy) is 1. The van der Waals surface area contributed by atoms with E-state index in [-0.39, 0.29) is 10.8 Å². The molecule has 33 heavy (non-hydrogen) atoms. The highest BCUT2D eigenvalue weighted by Gasteiger charge is 2.16. The van der Waals surface area contributed by atoms with Crippen LogP contribution in [-0.4, -0.2) is 45.5 Å². The third-order valence-electron chi connectivity index (χ3n) is 5.49. The van der Waals surface area contributed by atoms with Crippen molar-refractivity contribution in [1.29, 1.82) is 0 Å². The number of rotatable bonds is 7. The van der Waals surface area contributed by atoms with Crippen molar-refractivity contribution in [3.63, 3.8) is 0 Å². The maximum atomic E-state index is 12.9. The molecule has 3 aromatic rings. The van der Waals surface area contributed by atoms with Crippen LogP contribution in [0.25, 0.3) is 0 Å². The van der Waals surface area contributed by atoms with Crippen LogP contribution in [0.4, 0.5) is 11.4 Å². The summed E-state index contributed by atoms with van der Waals surface area (Å²) in [5.74, 6) is -0.250. The van der Waals surface area contributed by atoms with Crippen LogP contribution in [0.2, 0.25) is 0 Å². The van der Waals surface area contributed by atoms with Crippen molar-refractivity contribution in [2.45, 2.75) is 18.4 Å². The molecule has 3 aromatic carbocycles. The number of amides is 1. The van der Waals surface area contributed by atoms with E-state index in [4.69, 9.17) is 4.74 Å². The maximum absolute atomic E-state index is 12.9. The van der Waals surface area contributed by atoms with E-state index < -0.39 is 10.0 Å². The van der Waals surface area contributed by atoms with E-state index in [0.717, 1.165) is 44.0 Å². The summed E-state index contributed by atoms with van der Waals surface area (Å²) in [6, 6.07) is 20.9. The zero-order valence-electron chi connectivity index (χ0n) is 18.5. The predicted octanol–water partition coefficient (Wildman–Crippen LogP) is 3.88. The summed E-state index contributed by atoms with van der Waals surface area (Å²) in [5.41, 5.74) is 3.28. The summed E-state index contributed by atoms with van der Waals surface area (Å²) in [5, 5.41) is 2.87. The number of carbonyl (C=O) groups is 1. The Labute approximate surface area is 194 Å². The van der Waals surface area contributed by atoms with E-state index in [1.807, 2.05) is 25.1 Å². The van der Waals surface area contributed by atoms with E-state index in [2.05, 4.69) is 14.9 Å². The van der Waals surface area contributed by atoms with Gasteiger partial charge in [-0.05, 0) is 54.4 Å². The Morgan fingerprint density at radius 3 is 2.48 bits per heavy atom. The summed E-state index contributed by atoms with van der Waals surface area (Å²) in [6.07, 6.45) is 0. The van der Waals surface area contributed by atoms with Crippen LogP contribution in [0.5, 0.6) is 0 Å². The minimum absolute atomic E-state index is 0.177. The Morgan fingerprint density at radius 1 is 0.970 bits per heavy atom. The Bertz CT molecular complexity index is 1220. The van der Waals surface area contributed by atoms with Crippen molar-refractivity contribution in [3.05, 3.63) is 89.5 Å². The lowest BCUT2D eigenvalue weighted by atomic mass is 10.1. The molecule has 0 unspecified atom stereocenters. The summed E-state index contributed by atoms with van der Waals surface area (Å²) in [4.78, 5) is 15.4. The van der Waals surface area contributed by atoms with Crippen LogP contribution >= 0.6 is 0 Å². The van der Waals surface area contributed by atoms with Crippen molar-refractivity contribution in [2.24, 2.45) is 0 Å². The van der Waals surface area contributed by atoms with Crippen LogP contribution < -0.4 is 10.0 Å². The lowest BCUT2D eigenvalue weighted by Gasteiger charge is -2.26. The first-order valence-corrected chi connectivity index (χ1v) is 12.3. The summed E-state index contributed by atoms with van der Waals surface area (Å²) >= 11 is 0. The molecule has 1 heterocycles. The molecule has 0 aromatic heterocycles. The Balaban J connectivity index is 1.47. The number of nitrogens with zero attached hydrogens (tertiary/aromatic N) is 1. The zero-order chi connectivity index (χ0) is 23.3. The van der Waals surface area contributed by atoms with E-state index >= 15 is 0 Å². The molecule has 1 aliphatic heterocycles. The van der Waals surface area contributed by atoms with Gasteiger partial charge in [-0.25, -0.2) is 8.42 Å². The molecule has 7 nitrogen and oxygen atoms in total. The Hall–Kier alpha value is -3.20. The van der Waals surface area contributed by atoms with Crippen LogP contribution in [0.1, 0.15) is 21.5 Å². The molecule has 2 N–H and O–H groups in total. The lowest BCUT2D eigenvalue weighted by molar-refractivity contribution is 0.0342. The minimum Gasteiger partial charge on any atom is -0.379 e. The molecule has 1 fully saturated rings. The van der Waals surface area contributed by atoms with Gasteiger partial charge in [-0.3, -0.25) is 14.4 Å². The third kappa shape index (κ3) is 5.98. The molecule has 0 atom stereocenters. The monoisotopic (exact) mass is 465 g/mol. The van der Waals surface area contributed by atoms with Crippen LogP contribution in [0, 0.1) is 6.92 Å². The first-order chi connectivity index (χ1) is 15.9. The van der Waals surface area contributed by atoms with E-state index in [1.165, 1.54) is 12.1 Å². The average molecular weight is 466 g/mol. The summed E-state index contributed by atoms with van der Waals surface area (Å²) in [6.45, 7) is 5.78. The standard InChI is InChI=1S/C25H27N3O4S/c1-19-10-11-22(17-24(19)27-33(30,31)23-8-3-2-4-9-23)26-25(29)21-7-5-6-20(16-21)18-28-12-14-32-15-13-28/h2-11,16-17,27H,12-15,18H2,1H3,(H,26,29). The van der Waals surface area contributed by atoms with E-state index in [1.54, 1.807) is 42.5 Å². The van der Waals surface area contributed by atoms with E-state index in [9.17, 15) is 13.2 Å². The van der Waals surface area contributed by atoms with Gasteiger partial charge in [0.1, 0.15) is 0 Å². The molecule has 8 heteroatoms. The molecule has 1 amide bonds. The fourth-order valence-electron chi connectivity index (χ4n) is 3.64. The number of anilines is 2. The van der Waals surface area contributed by atoms with Gasteiger partial charge < -0.3 is 10.1 Å². The highest BCUT2D eigenvalue weighted by molar-refractivity contribution is 7.92. The Morgan fingerprint density at radius 2 is 1.73 bits per heavy atom. The number of hydrogen-bond donors (Lipinski definition) is 2. The van der Waals surface area contributed by atoms with Gasteiger partial charge in [-0.2, -0.15) is 0 Å². The second-order valence-corrected chi connectivity index (χ2v) is 9.67. The summed E-state index contributed by atoms with van der Waals surface area (Å²) in [7, 11) is -3.73. The molecular formula is C25H27N3O4S. The number of morpholine rings is 1. The number of carbonyl (C=O) groups excluding carboxylic acids is 1. The van der Waals surface area contributed by atoms with Crippen molar-refractivity contribution in [1.82, 2.24) is 4.90 Å². The molecule has 0 bridgehead atoms. The molecule has 0 spiro atoms. The highest BCUT2D eigenvalue weighted by atomic mass is 32.2. The SMILES string of the molecule is Cc1ccc(NC(=O)c2cccc(CN3CCOCC3)c2)cc1NS(=O)(=O)c1ccccc1. The largest absolute Gasteiger partial charge is 0.379 e. The van der Waals surface area contributed by atoms with Crippen LogP contribution in [0.3, 0.4) is 0 Å². The van der Waals surface area contributed by atoms with Gasteiger partial charge >= 0.3 is 0 Å². The Kier molecular flexibility index (Phi) is 7.08. The smallest absolute Gasteiger partial charge is 0.261 e. The molecule has 1 aliphatic rings. The number of benzene rings is 3. The molecule has 4 rings (SSSR count).